The van der Waals surface area contributed by atoms with Crippen LogP contribution in [0.3, 0.4) is 0 Å². The van der Waals surface area contributed by atoms with Crippen molar-refractivity contribution in [3.8, 4) is 0 Å². The predicted octanol–water partition coefficient (Wildman–Crippen LogP) is -0.0988. The minimum atomic E-state index is -1.03. The van der Waals surface area contributed by atoms with Gasteiger partial charge in [-0.05, 0) is 12.8 Å². The Morgan fingerprint density at radius 3 is 2.00 bits per heavy atom. The molecule has 5 heteroatoms. The van der Waals surface area contributed by atoms with E-state index in [1.165, 1.54) is 14.0 Å². The monoisotopic (exact) mass is 202 g/mol. The fraction of sp³-hybridized carbons (Fsp3) is 0.778. The van der Waals surface area contributed by atoms with E-state index in [9.17, 15) is 9.59 Å². The molecule has 0 bridgehead atoms. The van der Waals surface area contributed by atoms with E-state index < -0.39 is 18.1 Å². The first-order valence-electron chi connectivity index (χ1n) is 4.54. The molecule has 0 rings (SSSR count). The molecule has 0 spiro atoms. The van der Waals surface area contributed by atoms with Gasteiger partial charge in [0.25, 0.3) is 0 Å². The Morgan fingerprint density at radius 2 is 1.71 bits per heavy atom. The van der Waals surface area contributed by atoms with Crippen LogP contribution >= 0.6 is 0 Å². The lowest BCUT2D eigenvalue weighted by molar-refractivity contribution is -0.149. The lowest BCUT2D eigenvalue weighted by Gasteiger charge is -2.26. The Hall–Kier alpha value is -1.10. The van der Waals surface area contributed by atoms with Crippen LogP contribution < -0.4 is 5.73 Å². The summed E-state index contributed by atoms with van der Waals surface area (Å²) in [5.41, 5.74) is 5.61. The molecule has 0 aromatic rings. The normalized spacial score (nSPS) is 15.0. The molecular weight excluding hydrogens is 184 g/mol. The summed E-state index contributed by atoms with van der Waals surface area (Å²) in [5, 5.41) is 8.69. The van der Waals surface area contributed by atoms with Crippen molar-refractivity contribution < 1.29 is 14.7 Å². The number of carboxylic acid groups (broad SMARTS) is 1. The third-order valence-corrected chi connectivity index (χ3v) is 2.29. The number of carbonyl (C=O) groups is 2. The maximum absolute atomic E-state index is 11.6. The van der Waals surface area contributed by atoms with Gasteiger partial charge >= 0.3 is 5.97 Å². The molecular formula is C9H18N2O3. The summed E-state index contributed by atoms with van der Waals surface area (Å²) in [4.78, 5) is 23.3. The maximum Gasteiger partial charge on any atom is 0.326 e. The van der Waals surface area contributed by atoms with Gasteiger partial charge in [-0.1, -0.05) is 13.8 Å². The number of nitrogens with zero attached hydrogens (tertiary/aromatic N) is 1. The summed E-state index contributed by atoms with van der Waals surface area (Å²) in [7, 11) is 1.45. The standard InChI is InChI=1S/C9H18N2O3/c1-5(2)7(10)8(12)11(4)6(3)9(13)14/h5-7H,10H2,1-4H3,(H,13,14). The second kappa shape index (κ2) is 4.95. The maximum atomic E-state index is 11.6. The van der Waals surface area contributed by atoms with Gasteiger partial charge in [-0.3, -0.25) is 4.79 Å². The first-order chi connectivity index (χ1) is 6.29. The topological polar surface area (TPSA) is 83.6 Å². The highest BCUT2D eigenvalue weighted by molar-refractivity contribution is 5.86. The number of carboxylic acids is 1. The molecule has 0 aromatic carbocycles. The average molecular weight is 202 g/mol. The summed E-state index contributed by atoms with van der Waals surface area (Å²) in [6.07, 6.45) is 0. The molecule has 0 saturated carbocycles. The second-order valence-corrected chi connectivity index (χ2v) is 3.73. The van der Waals surface area contributed by atoms with Gasteiger partial charge in [0.15, 0.2) is 0 Å². The Morgan fingerprint density at radius 1 is 1.29 bits per heavy atom. The zero-order chi connectivity index (χ0) is 11.5. The quantitative estimate of drug-likeness (QED) is 0.667. The summed E-state index contributed by atoms with van der Waals surface area (Å²) in [5.74, 6) is -1.36. The molecule has 2 atom stereocenters. The molecule has 2 unspecified atom stereocenters. The summed E-state index contributed by atoms with van der Waals surface area (Å²) in [6, 6.07) is -1.48. The fourth-order valence-corrected chi connectivity index (χ4v) is 0.877. The van der Waals surface area contributed by atoms with E-state index in [1.54, 1.807) is 0 Å². The molecule has 1 amide bonds. The number of hydrogen-bond donors (Lipinski definition) is 2. The highest BCUT2D eigenvalue weighted by Crippen LogP contribution is 2.05. The lowest BCUT2D eigenvalue weighted by Crippen LogP contribution is -2.50. The zero-order valence-corrected chi connectivity index (χ0v) is 9.02. The van der Waals surface area contributed by atoms with Crippen LogP contribution in [-0.4, -0.2) is 41.0 Å². The van der Waals surface area contributed by atoms with Crippen molar-refractivity contribution in [1.82, 2.24) is 4.90 Å². The minimum Gasteiger partial charge on any atom is -0.480 e. The van der Waals surface area contributed by atoms with Crippen LogP contribution in [0.15, 0.2) is 0 Å². The number of likely N-dealkylation sites (N-methyl/N-ethyl adjacent to an activating group) is 1. The second-order valence-electron chi connectivity index (χ2n) is 3.73. The molecule has 0 aliphatic carbocycles. The Balaban J connectivity index is 4.46. The molecule has 0 radical (unpaired) electrons. The molecule has 0 aliphatic rings. The number of amides is 1. The molecule has 0 aliphatic heterocycles. The van der Waals surface area contributed by atoms with Crippen LogP contribution in [0.5, 0.6) is 0 Å². The van der Waals surface area contributed by atoms with Gasteiger partial charge in [0.2, 0.25) is 5.91 Å². The van der Waals surface area contributed by atoms with Gasteiger partial charge in [-0.25, -0.2) is 4.79 Å². The van der Waals surface area contributed by atoms with Crippen molar-refractivity contribution in [2.45, 2.75) is 32.9 Å². The molecule has 82 valence electrons. The van der Waals surface area contributed by atoms with E-state index in [-0.39, 0.29) is 11.8 Å². The van der Waals surface area contributed by atoms with Crippen LogP contribution in [0.4, 0.5) is 0 Å². The van der Waals surface area contributed by atoms with Gasteiger partial charge < -0.3 is 15.7 Å². The largest absolute Gasteiger partial charge is 0.480 e. The average Bonchev–Trinajstić information content (AvgIpc) is 2.12. The highest BCUT2D eigenvalue weighted by atomic mass is 16.4. The van der Waals surface area contributed by atoms with Crippen LogP contribution in [-0.2, 0) is 9.59 Å². The smallest absolute Gasteiger partial charge is 0.326 e. The predicted molar refractivity (Wildman–Crippen MR) is 52.7 cm³/mol. The van der Waals surface area contributed by atoms with Crippen LogP contribution in [0.2, 0.25) is 0 Å². The van der Waals surface area contributed by atoms with Crippen molar-refractivity contribution in [2.75, 3.05) is 7.05 Å². The van der Waals surface area contributed by atoms with Crippen molar-refractivity contribution in [1.29, 1.82) is 0 Å². The van der Waals surface area contributed by atoms with Gasteiger partial charge in [0.1, 0.15) is 6.04 Å². The third kappa shape index (κ3) is 2.99. The number of nitrogens with two attached hydrogens (primary N) is 1. The van der Waals surface area contributed by atoms with E-state index in [0.29, 0.717) is 0 Å². The molecule has 0 saturated heterocycles. The summed E-state index contributed by atoms with van der Waals surface area (Å²) >= 11 is 0. The molecule has 0 aromatic heterocycles. The van der Waals surface area contributed by atoms with Gasteiger partial charge in [-0.15, -0.1) is 0 Å². The number of carbonyl (C=O) groups excluding carboxylic acids is 1. The lowest BCUT2D eigenvalue weighted by atomic mass is 10.0. The summed E-state index contributed by atoms with van der Waals surface area (Å²) < 4.78 is 0. The zero-order valence-electron chi connectivity index (χ0n) is 9.02. The van der Waals surface area contributed by atoms with Crippen LogP contribution in [0.1, 0.15) is 20.8 Å². The number of rotatable bonds is 4. The summed E-state index contributed by atoms with van der Waals surface area (Å²) in [6.45, 7) is 5.09. The van der Waals surface area contributed by atoms with Crippen molar-refractivity contribution in [2.24, 2.45) is 11.7 Å². The molecule has 0 fully saturated rings. The van der Waals surface area contributed by atoms with Crippen LogP contribution in [0, 0.1) is 5.92 Å². The van der Waals surface area contributed by atoms with Gasteiger partial charge in [0, 0.05) is 7.05 Å². The van der Waals surface area contributed by atoms with Gasteiger partial charge in [0.05, 0.1) is 6.04 Å². The van der Waals surface area contributed by atoms with E-state index in [1.807, 2.05) is 13.8 Å². The van der Waals surface area contributed by atoms with E-state index in [2.05, 4.69) is 0 Å². The van der Waals surface area contributed by atoms with E-state index >= 15 is 0 Å². The van der Waals surface area contributed by atoms with Crippen molar-refractivity contribution in [3.05, 3.63) is 0 Å². The minimum absolute atomic E-state index is 0.00550. The van der Waals surface area contributed by atoms with E-state index in [0.717, 1.165) is 4.90 Å². The molecule has 14 heavy (non-hydrogen) atoms. The number of aliphatic carboxylic acids is 1. The number of hydrogen-bond acceptors (Lipinski definition) is 3. The highest BCUT2D eigenvalue weighted by Gasteiger charge is 2.27. The van der Waals surface area contributed by atoms with Crippen molar-refractivity contribution >= 4 is 11.9 Å². The van der Waals surface area contributed by atoms with E-state index in [4.69, 9.17) is 10.8 Å². The molecule has 5 nitrogen and oxygen atoms in total. The van der Waals surface area contributed by atoms with Gasteiger partial charge in [-0.2, -0.15) is 0 Å². The first-order valence-corrected chi connectivity index (χ1v) is 4.54. The fourth-order valence-electron chi connectivity index (χ4n) is 0.877. The first kappa shape index (κ1) is 12.9. The molecule has 0 heterocycles. The molecule has 3 N–H and O–H groups in total. The SMILES string of the molecule is CC(C)C(N)C(=O)N(C)C(C)C(=O)O. The Kier molecular flexibility index (Phi) is 4.56. The third-order valence-electron chi connectivity index (χ3n) is 2.29. The van der Waals surface area contributed by atoms with Crippen molar-refractivity contribution in [3.63, 3.8) is 0 Å². The van der Waals surface area contributed by atoms with Crippen LogP contribution in [0.25, 0.3) is 0 Å². The Labute approximate surface area is 83.9 Å². The Bertz CT molecular complexity index is 228.